The third-order valence-corrected chi connectivity index (χ3v) is 5.97. The lowest BCUT2D eigenvalue weighted by atomic mass is 10.1. The highest BCUT2D eigenvalue weighted by molar-refractivity contribution is 7.92. The van der Waals surface area contributed by atoms with Crippen LogP contribution in [0, 0.1) is 13.8 Å². The van der Waals surface area contributed by atoms with Crippen LogP contribution in [0.25, 0.3) is 0 Å². The van der Waals surface area contributed by atoms with Gasteiger partial charge in [0.05, 0.1) is 25.1 Å². The van der Waals surface area contributed by atoms with E-state index in [0.29, 0.717) is 12.1 Å². The number of rotatable bonds is 9. The maximum absolute atomic E-state index is 12.3. The van der Waals surface area contributed by atoms with Gasteiger partial charge >= 0.3 is 0 Å². The summed E-state index contributed by atoms with van der Waals surface area (Å²) in [5.74, 6) is 0.655. The molecular formula is C22H30N2O4S. The Morgan fingerprint density at radius 1 is 1.14 bits per heavy atom. The van der Waals surface area contributed by atoms with Crippen molar-refractivity contribution in [3.63, 3.8) is 0 Å². The molecule has 0 aliphatic rings. The molecule has 0 radical (unpaired) electrons. The van der Waals surface area contributed by atoms with Gasteiger partial charge in [-0.3, -0.25) is 9.10 Å². The number of nitrogens with one attached hydrogen (secondary N) is 1. The molecule has 0 heterocycles. The Balaban J connectivity index is 1.96. The van der Waals surface area contributed by atoms with Gasteiger partial charge in [0.25, 0.3) is 0 Å². The van der Waals surface area contributed by atoms with E-state index in [4.69, 9.17) is 4.74 Å². The fourth-order valence-electron chi connectivity index (χ4n) is 3.13. The molecule has 2 aromatic rings. The smallest absolute Gasteiger partial charge is 0.232 e. The van der Waals surface area contributed by atoms with Crippen molar-refractivity contribution in [1.29, 1.82) is 0 Å². The zero-order chi connectivity index (χ0) is 21.6. The van der Waals surface area contributed by atoms with Crippen LogP contribution in [0.1, 0.15) is 42.5 Å². The van der Waals surface area contributed by atoms with Crippen LogP contribution in [0.5, 0.6) is 5.75 Å². The number of carbonyl (C=O) groups excluding carboxylic acids is 1. The molecule has 1 N–H and O–H groups in total. The van der Waals surface area contributed by atoms with Crippen LogP contribution in [0.4, 0.5) is 5.69 Å². The van der Waals surface area contributed by atoms with Crippen LogP contribution < -0.4 is 14.4 Å². The van der Waals surface area contributed by atoms with Gasteiger partial charge < -0.3 is 10.1 Å². The maximum atomic E-state index is 12.3. The number of benzene rings is 2. The van der Waals surface area contributed by atoms with Gasteiger partial charge in [-0.1, -0.05) is 24.3 Å². The Morgan fingerprint density at radius 2 is 1.79 bits per heavy atom. The van der Waals surface area contributed by atoms with Gasteiger partial charge in [-0.05, 0) is 62.1 Å². The largest absolute Gasteiger partial charge is 0.497 e. The number of carbonyl (C=O) groups is 1. The van der Waals surface area contributed by atoms with Crippen LogP contribution in [-0.2, 0) is 14.8 Å². The first-order chi connectivity index (χ1) is 13.6. The van der Waals surface area contributed by atoms with Crippen molar-refractivity contribution in [2.45, 2.75) is 39.7 Å². The molecule has 6 nitrogen and oxygen atoms in total. The average molecular weight is 419 g/mol. The summed E-state index contributed by atoms with van der Waals surface area (Å²) in [6.07, 6.45) is 1.87. The molecule has 0 aromatic heterocycles. The minimum atomic E-state index is -3.44. The van der Waals surface area contributed by atoms with Crippen LogP contribution in [0.15, 0.2) is 42.5 Å². The van der Waals surface area contributed by atoms with Crippen molar-refractivity contribution < 1.29 is 17.9 Å². The summed E-state index contributed by atoms with van der Waals surface area (Å²) >= 11 is 0. The molecule has 1 atom stereocenters. The van der Waals surface area contributed by atoms with Crippen molar-refractivity contribution in [2.24, 2.45) is 0 Å². The average Bonchev–Trinajstić information content (AvgIpc) is 2.66. The van der Waals surface area contributed by atoms with Gasteiger partial charge in [-0.15, -0.1) is 0 Å². The summed E-state index contributed by atoms with van der Waals surface area (Å²) in [5.41, 5.74) is 3.52. The van der Waals surface area contributed by atoms with Gasteiger partial charge in [0.1, 0.15) is 5.75 Å². The van der Waals surface area contributed by atoms with Crippen LogP contribution in [0.2, 0.25) is 0 Å². The fourth-order valence-corrected chi connectivity index (χ4v) is 4.14. The topological polar surface area (TPSA) is 75.7 Å². The molecule has 0 aliphatic heterocycles. The standard InChI is InChI=1S/C22H30N2O4S/c1-16-8-9-17(2)21(15-16)24(29(5,26)27)14-6-7-22(25)23-18(3)19-10-12-20(28-4)13-11-19/h8-13,15,18H,6-7,14H2,1-5H3,(H,23,25)/t18-/m0/s1. The summed E-state index contributed by atoms with van der Waals surface area (Å²) in [6, 6.07) is 13.1. The summed E-state index contributed by atoms with van der Waals surface area (Å²) in [7, 11) is -1.83. The van der Waals surface area contributed by atoms with Gasteiger partial charge in [0.15, 0.2) is 0 Å². The van der Waals surface area contributed by atoms with Crippen molar-refractivity contribution >= 4 is 21.6 Å². The minimum Gasteiger partial charge on any atom is -0.497 e. The van der Waals surface area contributed by atoms with Crippen molar-refractivity contribution in [2.75, 3.05) is 24.2 Å². The zero-order valence-corrected chi connectivity index (χ0v) is 18.5. The first-order valence-corrected chi connectivity index (χ1v) is 11.4. The van der Waals surface area contributed by atoms with E-state index in [-0.39, 0.29) is 24.9 Å². The number of methoxy groups -OCH3 is 1. The maximum Gasteiger partial charge on any atom is 0.232 e. The number of hydrogen-bond acceptors (Lipinski definition) is 4. The third kappa shape index (κ3) is 6.49. The molecule has 0 fully saturated rings. The number of amides is 1. The Kier molecular flexibility index (Phi) is 7.67. The van der Waals surface area contributed by atoms with Crippen molar-refractivity contribution in [3.8, 4) is 5.75 Å². The summed E-state index contributed by atoms with van der Waals surface area (Å²) < 4.78 is 31.1. The highest BCUT2D eigenvalue weighted by Crippen LogP contribution is 2.24. The monoisotopic (exact) mass is 418 g/mol. The first kappa shape index (κ1) is 22.7. The molecule has 0 saturated heterocycles. The Bertz CT molecular complexity index is 940. The molecule has 2 rings (SSSR count). The van der Waals surface area contributed by atoms with Gasteiger partial charge in [-0.25, -0.2) is 8.42 Å². The molecule has 0 bridgehead atoms. The second-order valence-electron chi connectivity index (χ2n) is 7.29. The van der Waals surface area contributed by atoms with Crippen LogP contribution in [-0.4, -0.2) is 34.2 Å². The quantitative estimate of drug-likeness (QED) is 0.673. The van der Waals surface area contributed by atoms with E-state index in [2.05, 4.69) is 5.32 Å². The second-order valence-corrected chi connectivity index (χ2v) is 9.20. The molecular weight excluding hydrogens is 388 g/mol. The zero-order valence-electron chi connectivity index (χ0n) is 17.7. The number of ether oxygens (including phenoxy) is 1. The van der Waals surface area contributed by atoms with Crippen LogP contribution >= 0.6 is 0 Å². The van der Waals surface area contributed by atoms with E-state index in [1.807, 2.05) is 63.2 Å². The molecule has 0 unspecified atom stereocenters. The predicted octanol–water partition coefficient (Wildman–Crippen LogP) is 3.74. The lowest BCUT2D eigenvalue weighted by molar-refractivity contribution is -0.121. The SMILES string of the molecule is COc1ccc([C@H](C)NC(=O)CCCN(c2cc(C)ccc2C)S(C)(=O)=O)cc1. The normalized spacial score (nSPS) is 12.3. The number of aryl methyl sites for hydroxylation is 2. The van der Waals surface area contributed by atoms with E-state index in [0.717, 1.165) is 22.4 Å². The van der Waals surface area contributed by atoms with E-state index >= 15 is 0 Å². The third-order valence-electron chi connectivity index (χ3n) is 4.79. The molecule has 158 valence electrons. The van der Waals surface area contributed by atoms with Crippen LogP contribution in [0.3, 0.4) is 0 Å². The lowest BCUT2D eigenvalue weighted by Crippen LogP contribution is -2.33. The van der Waals surface area contributed by atoms with E-state index in [1.54, 1.807) is 7.11 Å². The Morgan fingerprint density at radius 3 is 2.38 bits per heavy atom. The Hall–Kier alpha value is -2.54. The van der Waals surface area contributed by atoms with Gasteiger partial charge in [-0.2, -0.15) is 0 Å². The van der Waals surface area contributed by atoms with Crippen molar-refractivity contribution in [1.82, 2.24) is 5.32 Å². The predicted molar refractivity (Wildman–Crippen MR) is 117 cm³/mol. The summed E-state index contributed by atoms with van der Waals surface area (Å²) in [5, 5.41) is 2.96. The Labute approximate surface area is 173 Å². The molecule has 0 saturated carbocycles. The minimum absolute atomic E-state index is 0.109. The number of nitrogens with zero attached hydrogens (tertiary/aromatic N) is 1. The number of hydrogen-bond donors (Lipinski definition) is 1. The van der Waals surface area contributed by atoms with Gasteiger partial charge in [0.2, 0.25) is 15.9 Å². The number of sulfonamides is 1. The molecule has 29 heavy (non-hydrogen) atoms. The van der Waals surface area contributed by atoms with Gasteiger partial charge in [0, 0.05) is 13.0 Å². The van der Waals surface area contributed by atoms with E-state index in [1.165, 1.54) is 10.6 Å². The van der Waals surface area contributed by atoms with E-state index < -0.39 is 10.0 Å². The first-order valence-electron chi connectivity index (χ1n) is 9.60. The van der Waals surface area contributed by atoms with E-state index in [9.17, 15) is 13.2 Å². The molecule has 7 heteroatoms. The molecule has 2 aromatic carbocycles. The molecule has 0 aliphatic carbocycles. The summed E-state index contributed by atoms with van der Waals surface area (Å²) in [6.45, 7) is 5.99. The summed E-state index contributed by atoms with van der Waals surface area (Å²) in [4.78, 5) is 12.3. The lowest BCUT2D eigenvalue weighted by Gasteiger charge is -2.24. The molecule has 0 spiro atoms. The molecule has 1 amide bonds. The second kappa shape index (κ2) is 9.78. The number of anilines is 1. The highest BCUT2D eigenvalue weighted by atomic mass is 32.2. The fraction of sp³-hybridized carbons (Fsp3) is 0.409. The highest BCUT2D eigenvalue weighted by Gasteiger charge is 2.20. The van der Waals surface area contributed by atoms with Crippen molar-refractivity contribution in [3.05, 3.63) is 59.2 Å².